The lowest BCUT2D eigenvalue weighted by molar-refractivity contribution is -0.116. The van der Waals surface area contributed by atoms with Crippen LogP contribution in [0.25, 0.3) is 0 Å². The van der Waals surface area contributed by atoms with Gasteiger partial charge < -0.3 is 15.1 Å². The number of piperidine rings is 1. The van der Waals surface area contributed by atoms with Gasteiger partial charge in [-0.15, -0.1) is 11.3 Å². The van der Waals surface area contributed by atoms with Gasteiger partial charge in [0.25, 0.3) is 0 Å². The van der Waals surface area contributed by atoms with Crippen LogP contribution in [-0.2, 0) is 17.6 Å². The van der Waals surface area contributed by atoms with E-state index in [1.807, 2.05) is 9.80 Å². The SMILES string of the molecule is N#Cc1c(NC(=O)CCN2CCN(C(=O)N3CCCCC3)CC2)sc2c1CCCCC2. The zero-order valence-corrected chi connectivity index (χ0v) is 19.1. The van der Waals surface area contributed by atoms with Gasteiger partial charge in [-0.3, -0.25) is 9.69 Å². The number of anilines is 1. The molecule has 31 heavy (non-hydrogen) atoms. The van der Waals surface area contributed by atoms with Crippen molar-refractivity contribution in [3.8, 4) is 6.07 Å². The van der Waals surface area contributed by atoms with Crippen LogP contribution in [0.4, 0.5) is 9.80 Å². The number of aryl methyl sites for hydroxylation is 1. The molecule has 1 aliphatic carbocycles. The molecular formula is C23H33N5O2S. The van der Waals surface area contributed by atoms with Gasteiger partial charge in [0.15, 0.2) is 0 Å². The molecule has 0 unspecified atom stereocenters. The molecule has 1 N–H and O–H groups in total. The van der Waals surface area contributed by atoms with Gasteiger partial charge >= 0.3 is 6.03 Å². The highest BCUT2D eigenvalue weighted by Crippen LogP contribution is 2.37. The minimum absolute atomic E-state index is 0.0280. The monoisotopic (exact) mass is 443 g/mol. The number of urea groups is 1. The standard InChI is InChI=1S/C23H33N5O2S/c24-17-19-18-7-3-1-4-8-20(18)31-22(19)25-21(29)9-12-26-13-15-28(16-14-26)23(30)27-10-5-2-6-11-27/h1-16H2,(H,25,29). The average Bonchev–Trinajstić information content (AvgIpc) is 2.96. The van der Waals surface area contributed by atoms with Crippen molar-refractivity contribution in [2.75, 3.05) is 51.1 Å². The molecule has 7 nitrogen and oxygen atoms in total. The van der Waals surface area contributed by atoms with E-state index < -0.39 is 0 Å². The fraction of sp³-hybridized carbons (Fsp3) is 0.696. The number of hydrogen-bond donors (Lipinski definition) is 1. The number of rotatable bonds is 4. The summed E-state index contributed by atoms with van der Waals surface area (Å²) < 4.78 is 0. The van der Waals surface area contributed by atoms with Gasteiger partial charge in [-0.25, -0.2) is 4.79 Å². The average molecular weight is 444 g/mol. The molecule has 1 aromatic heterocycles. The van der Waals surface area contributed by atoms with E-state index in [4.69, 9.17) is 0 Å². The van der Waals surface area contributed by atoms with Crippen molar-refractivity contribution >= 4 is 28.3 Å². The van der Waals surface area contributed by atoms with Gasteiger partial charge in [-0.05, 0) is 50.5 Å². The molecule has 0 atom stereocenters. The lowest BCUT2D eigenvalue weighted by Crippen LogP contribution is -2.53. The Morgan fingerprint density at radius 3 is 2.32 bits per heavy atom. The number of nitriles is 1. The molecule has 2 aliphatic heterocycles. The second kappa shape index (κ2) is 10.5. The molecule has 3 amide bonds. The molecule has 0 aromatic carbocycles. The predicted molar refractivity (Wildman–Crippen MR) is 122 cm³/mol. The first-order valence-corrected chi connectivity index (χ1v) is 12.6. The van der Waals surface area contributed by atoms with Crippen LogP contribution in [0.1, 0.15) is 60.9 Å². The van der Waals surface area contributed by atoms with Crippen molar-refractivity contribution < 1.29 is 9.59 Å². The van der Waals surface area contributed by atoms with Crippen molar-refractivity contribution in [2.45, 2.75) is 57.8 Å². The molecule has 0 saturated carbocycles. The van der Waals surface area contributed by atoms with Crippen molar-refractivity contribution in [2.24, 2.45) is 0 Å². The van der Waals surface area contributed by atoms with Crippen LogP contribution in [0.2, 0.25) is 0 Å². The maximum atomic E-state index is 12.6. The van der Waals surface area contributed by atoms with Crippen LogP contribution in [0.5, 0.6) is 0 Å². The van der Waals surface area contributed by atoms with Crippen molar-refractivity contribution in [1.29, 1.82) is 5.26 Å². The summed E-state index contributed by atoms with van der Waals surface area (Å²) in [5.74, 6) is -0.0280. The maximum Gasteiger partial charge on any atom is 0.320 e. The molecule has 0 spiro atoms. The van der Waals surface area contributed by atoms with Gasteiger partial charge in [0.1, 0.15) is 11.1 Å². The van der Waals surface area contributed by atoms with Gasteiger partial charge in [0, 0.05) is 57.1 Å². The van der Waals surface area contributed by atoms with Gasteiger partial charge in [0.05, 0.1) is 5.56 Å². The summed E-state index contributed by atoms with van der Waals surface area (Å²) in [6, 6.07) is 2.51. The summed E-state index contributed by atoms with van der Waals surface area (Å²) in [7, 11) is 0. The van der Waals surface area contributed by atoms with Crippen LogP contribution < -0.4 is 5.32 Å². The molecule has 8 heteroatoms. The molecule has 1 aromatic rings. The number of fused-ring (bicyclic) bond motifs is 1. The number of piperazine rings is 1. The number of nitrogens with one attached hydrogen (secondary N) is 1. The second-order valence-electron chi connectivity index (χ2n) is 8.84. The molecular weight excluding hydrogens is 410 g/mol. The first kappa shape index (κ1) is 22.1. The number of nitrogens with zero attached hydrogens (tertiary/aromatic N) is 4. The quantitative estimate of drug-likeness (QED) is 0.723. The highest BCUT2D eigenvalue weighted by molar-refractivity contribution is 7.16. The van der Waals surface area contributed by atoms with E-state index in [0.717, 1.165) is 88.4 Å². The van der Waals surface area contributed by atoms with E-state index in [9.17, 15) is 14.9 Å². The number of carbonyl (C=O) groups excluding carboxylic acids is 2. The molecule has 3 aliphatic rings. The minimum Gasteiger partial charge on any atom is -0.325 e. The van der Waals surface area contributed by atoms with E-state index >= 15 is 0 Å². The molecule has 2 saturated heterocycles. The number of hydrogen-bond acceptors (Lipinski definition) is 5. The van der Waals surface area contributed by atoms with Crippen LogP contribution >= 0.6 is 11.3 Å². The van der Waals surface area contributed by atoms with E-state index in [2.05, 4.69) is 16.3 Å². The lowest BCUT2D eigenvalue weighted by atomic mass is 10.1. The number of amides is 3. The third-order valence-electron chi connectivity index (χ3n) is 6.71. The largest absolute Gasteiger partial charge is 0.325 e. The molecule has 3 heterocycles. The summed E-state index contributed by atoms with van der Waals surface area (Å²) in [6.45, 7) is 5.53. The normalized spacial score (nSPS) is 20.0. The summed E-state index contributed by atoms with van der Waals surface area (Å²) in [5.41, 5.74) is 1.84. The Morgan fingerprint density at radius 2 is 1.58 bits per heavy atom. The van der Waals surface area contributed by atoms with Gasteiger partial charge in [-0.2, -0.15) is 5.26 Å². The maximum absolute atomic E-state index is 12.6. The minimum atomic E-state index is -0.0280. The molecule has 168 valence electrons. The molecule has 2 fully saturated rings. The van der Waals surface area contributed by atoms with Crippen LogP contribution in [0, 0.1) is 11.3 Å². The summed E-state index contributed by atoms with van der Waals surface area (Å²) in [4.78, 5) is 32.7. The number of likely N-dealkylation sites (tertiary alicyclic amines) is 1. The Labute approximate surface area is 189 Å². The third kappa shape index (κ3) is 5.39. The predicted octanol–water partition coefficient (Wildman–Crippen LogP) is 3.44. The fourth-order valence-corrected chi connectivity index (χ4v) is 6.10. The number of carbonyl (C=O) groups is 2. The summed E-state index contributed by atoms with van der Waals surface area (Å²) in [6.07, 6.45) is 9.33. The van der Waals surface area contributed by atoms with Crippen LogP contribution in [-0.4, -0.2) is 72.5 Å². The Kier molecular flexibility index (Phi) is 7.46. The smallest absolute Gasteiger partial charge is 0.320 e. The van der Waals surface area contributed by atoms with Crippen molar-refractivity contribution in [3.63, 3.8) is 0 Å². The highest BCUT2D eigenvalue weighted by Gasteiger charge is 2.26. The van der Waals surface area contributed by atoms with E-state index in [0.29, 0.717) is 18.5 Å². The van der Waals surface area contributed by atoms with E-state index in [1.165, 1.54) is 17.7 Å². The van der Waals surface area contributed by atoms with Crippen LogP contribution in [0.15, 0.2) is 0 Å². The molecule has 0 bridgehead atoms. The Morgan fingerprint density at radius 1 is 0.903 bits per heavy atom. The Hall–Kier alpha value is -2.11. The highest BCUT2D eigenvalue weighted by atomic mass is 32.1. The summed E-state index contributed by atoms with van der Waals surface area (Å²) in [5, 5.41) is 13.4. The zero-order valence-electron chi connectivity index (χ0n) is 18.3. The molecule has 4 rings (SSSR count). The Balaban J connectivity index is 1.23. The topological polar surface area (TPSA) is 79.7 Å². The van der Waals surface area contributed by atoms with Crippen molar-refractivity contribution in [1.82, 2.24) is 14.7 Å². The van der Waals surface area contributed by atoms with Crippen molar-refractivity contribution in [3.05, 3.63) is 16.0 Å². The molecule has 0 radical (unpaired) electrons. The number of thiophene rings is 1. The van der Waals surface area contributed by atoms with E-state index in [-0.39, 0.29) is 11.9 Å². The first-order valence-electron chi connectivity index (χ1n) is 11.8. The van der Waals surface area contributed by atoms with E-state index in [1.54, 1.807) is 11.3 Å². The van der Waals surface area contributed by atoms with Crippen LogP contribution in [0.3, 0.4) is 0 Å². The summed E-state index contributed by atoms with van der Waals surface area (Å²) >= 11 is 1.59. The third-order valence-corrected chi connectivity index (χ3v) is 7.92. The van der Waals surface area contributed by atoms with Gasteiger partial charge in [-0.1, -0.05) is 6.42 Å². The van der Waals surface area contributed by atoms with Gasteiger partial charge in [0.2, 0.25) is 5.91 Å². The lowest BCUT2D eigenvalue weighted by Gasteiger charge is -2.38. The second-order valence-corrected chi connectivity index (χ2v) is 9.94. The first-order chi connectivity index (χ1) is 15.2. The fourth-order valence-electron chi connectivity index (χ4n) is 4.85. The zero-order chi connectivity index (χ0) is 21.6. The Bertz CT molecular complexity index is 832.